The molecule has 0 fully saturated rings. The van der Waals surface area contributed by atoms with E-state index in [1.807, 2.05) is 38.1 Å². The maximum absolute atomic E-state index is 5.99. The van der Waals surface area contributed by atoms with Gasteiger partial charge in [-0.05, 0) is 55.8 Å². The Morgan fingerprint density at radius 1 is 1.20 bits per heavy atom. The Morgan fingerprint density at radius 3 is 2.70 bits per heavy atom. The summed E-state index contributed by atoms with van der Waals surface area (Å²) in [7, 11) is 0. The Labute approximate surface area is 124 Å². The lowest BCUT2D eigenvalue weighted by molar-refractivity contribution is 0.265. The first-order valence-corrected chi connectivity index (χ1v) is 7.15. The van der Waals surface area contributed by atoms with E-state index in [-0.39, 0.29) is 0 Å². The van der Waals surface area contributed by atoms with E-state index in [0.29, 0.717) is 6.61 Å². The van der Waals surface area contributed by atoms with Crippen LogP contribution in [0.5, 0.6) is 5.75 Å². The van der Waals surface area contributed by atoms with Gasteiger partial charge in [-0.1, -0.05) is 18.5 Å². The smallest absolute Gasteiger partial charge is 0.146 e. The number of hydrogen-bond donors (Lipinski definition) is 1. The van der Waals surface area contributed by atoms with Crippen molar-refractivity contribution in [1.82, 2.24) is 5.32 Å². The van der Waals surface area contributed by atoms with Gasteiger partial charge in [0.2, 0.25) is 0 Å². The van der Waals surface area contributed by atoms with Gasteiger partial charge in [0.1, 0.15) is 23.9 Å². The zero-order valence-electron chi connectivity index (χ0n) is 12.1. The fourth-order valence-corrected chi connectivity index (χ4v) is 2.05. The second kappa shape index (κ2) is 6.82. The number of halogens is 1. The number of aryl methyl sites for hydroxylation is 2. The Bertz CT molecular complexity index is 578. The van der Waals surface area contributed by atoms with E-state index in [9.17, 15) is 0 Å². The molecule has 1 N–H and O–H groups in total. The summed E-state index contributed by atoms with van der Waals surface area (Å²) < 4.78 is 11.5. The molecule has 2 rings (SSSR count). The number of benzene rings is 1. The number of rotatable bonds is 6. The largest absolute Gasteiger partial charge is 0.486 e. The van der Waals surface area contributed by atoms with Crippen LogP contribution < -0.4 is 10.1 Å². The van der Waals surface area contributed by atoms with Crippen molar-refractivity contribution < 1.29 is 9.15 Å². The highest BCUT2D eigenvalue weighted by Crippen LogP contribution is 2.22. The van der Waals surface area contributed by atoms with Crippen LogP contribution in [0, 0.1) is 13.8 Å². The SMILES string of the molecule is CCNCc1oc(COc2ccc(Cl)c(C)c2)cc1C. The van der Waals surface area contributed by atoms with Crippen molar-refractivity contribution in [3.05, 3.63) is 51.9 Å². The molecule has 3 nitrogen and oxygen atoms in total. The molecule has 20 heavy (non-hydrogen) atoms. The van der Waals surface area contributed by atoms with Crippen molar-refractivity contribution in [1.29, 1.82) is 0 Å². The highest BCUT2D eigenvalue weighted by Gasteiger charge is 2.08. The molecule has 0 unspecified atom stereocenters. The highest BCUT2D eigenvalue weighted by molar-refractivity contribution is 6.31. The summed E-state index contributed by atoms with van der Waals surface area (Å²) >= 11 is 5.99. The Morgan fingerprint density at radius 2 is 2.00 bits per heavy atom. The Hall–Kier alpha value is -1.45. The Kier molecular flexibility index (Phi) is 5.10. The summed E-state index contributed by atoms with van der Waals surface area (Å²) in [6.45, 7) is 8.19. The number of ether oxygens (including phenoxy) is 1. The maximum Gasteiger partial charge on any atom is 0.146 e. The third-order valence-corrected chi connectivity index (χ3v) is 3.54. The molecular formula is C16H20ClNO2. The van der Waals surface area contributed by atoms with Crippen LogP contribution in [0.25, 0.3) is 0 Å². The van der Waals surface area contributed by atoms with E-state index < -0.39 is 0 Å². The molecule has 0 radical (unpaired) electrons. The van der Waals surface area contributed by atoms with Gasteiger partial charge in [-0.2, -0.15) is 0 Å². The fraction of sp³-hybridized carbons (Fsp3) is 0.375. The number of nitrogens with one attached hydrogen (secondary N) is 1. The lowest BCUT2D eigenvalue weighted by atomic mass is 10.2. The van der Waals surface area contributed by atoms with Crippen molar-refractivity contribution in [2.75, 3.05) is 6.54 Å². The average Bonchev–Trinajstić information content (AvgIpc) is 2.78. The molecule has 0 saturated heterocycles. The van der Waals surface area contributed by atoms with E-state index in [4.69, 9.17) is 20.8 Å². The minimum atomic E-state index is 0.425. The molecule has 0 bridgehead atoms. The molecule has 0 spiro atoms. The molecule has 0 saturated carbocycles. The quantitative estimate of drug-likeness (QED) is 0.865. The summed E-state index contributed by atoms with van der Waals surface area (Å²) in [5.41, 5.74) is 2.16. The lowest BCUT2D eigenvalue weighted by Gasteiger charge is -2.06. The summed E-state index contributed by atoms with van der Waals surface area (Å²) in [5.74, 6) is 2.61. The lowest BCUT2D eigenvalue weighted by Crippen LogP contribution is -2.11. The predicted octanol–water partition coefficient (Wildman–Crippen LogP) is 4.24. The first-order valence-electron chi connectivity index (χ1n) is 6.78. The standard InChI is InChI=1S/C16H20ClNO2/c1-4-18-9-16-12(3)8-14(20-16)10-19-13-5-6-15(17)11(2)7-13/h5-8,18H,4,9-10H2,1-3H3. The third kappa shape index (κ3) is 3.78. The van der Waals surface area contributed by atoms with Gasteiger partial charge in [-0.3, -0.25) is 0 Å². The first-order chi connectivity index (χ1) is 9.60. The normalized spacial score (nSPS) is 10.8. The summed E-state index contributed by atoms with van der Waals surface area (Å²) in [4.78, 5) is 0. The van der Waals surface area contributed by atoms with Crippen LogP contribution in [0.3, 0.4) is 0 Å². The van der Waals surface area contributed by atoms with Crippen LogP contribution >= 0.6 is 11.6 Å². The topological polar surface area (TPSA) is 34.4 Å². The van der Waals surface area contributed by atoms with Crippen molar-refractivity contribution in [3.63, 3.8) is 0 Å². The van der Waals surface area contributed by atoms with Crippen molar-refractivity contribution >= 4 is 11.6 Å². The summed E-state index contributed by atoms with van der Waals surface area (Å²) in [6, 6.07) is 7.66. The van der Waals surface area contributed by atoms with E-state index in [1.54, 1.807) is 0 Å². The van der Waals surface area contributed by atoms with E-state index in [2.05, 4.69) is 12.2 Å². The average molecular weight is 294 g/mol. The van der Waals surface area contributed by atoms with Crippen LogP contribution in [0.1, 0.15) is 29.6 Å². The molecule has 0 atom stereocenters. The van der Waals surface area contributed by atoms with Crippen LogP contribution in [0.4, 0.5) is 0 Å². The van der Waals surface area contributed by atoms with Gasteiger partial charge in [-0.25, -0.2) is 0 Å². The third-order valence-electron chi connectivity index (χ3n) is 3.12. The monoisotopic (exact) mass is 293 g/mol. The fourth-order valence-electron chi connectivity index (χ4n) is 1.94. The van der Waals surface area contributed by atoms with Crippen LogP contribution in [-0.4, -0.2) is 6.54 Å². The second-order valence-electron chi connectivity index (χ2n) is 4.80. The number of hydrogen-bond acceptors (Lipinski definition) is 3. The van der Waals surface area contributed by atoms with Crippen LogP contribution in [0.2, 0.25) is 5.02 Å². The molecular weight excluding hydrogens is 274 g/mol. The van der Waals surface area contributed by atoms with Gasteiger partial charge < -0.3 is 14.5 Å². The zero-order valence-corrected chi connectivity index (χ0v) is 12.9. The number of furan rings is 1. The molecule has 1 aromatic carbocycles. The van der Waals surface area contributed by atoms with Crippen molar-refractivity contribution in [2.24, 2.45) is 0 Å². The minimum absolute atomic E-state index is 0.425. The van der Waals surface area contributed by atoms with Gasteiger partial charge in [0.15, 0.2) is 0 Å². The highest BCUT2D eigenvalue weighted by atomic mass is 35.5. The maximum atomic E-state index is 5.99. The summed E-state index contributed by atoms with van der Waals surface area (Å²) in [5, 5.41) is 4.01. The molecule has 0 amide bonds. The van der Waals surface area contributed by atoms with Crippen LogP contribution in [-0.2, 0) is 13.2 Å². The molecule has 0 aliphatic carbocycles. The molecule has 1 aromatic heterocycles. The van der Waals surface area contributed by atoms with E-state index in [0.717, 1.165) is 46.5 Å². The van der Waals surface area contributed by atoms with Crippen molar-refractivity contribution in [3.8, 4) is 5.75 Å². The first kappa shape index (κ1) is 14.9. The summed E-state index contributed by atoms with van der Waals surface area (Å²) in [6.07, 6.45) is 0. The molecule has 108 valence electrons. The molecule has 0 aliphatic rings. The molecule has 2 aromatic rings. The molecule has 0 aliphatic heterocycles. The van der Waals surface area contributed by atoms with Crippen molar-refractivity contribution in [2.45, 2.75) is 33.9 Å². The Balaban J connectivity index is 1.98. The molecule has 4 heteroatoms. The van der Waals surface area contributed by atoms with Gasteiger partial charge in [0.05, 0.1) is 6.54 Å². The second-order valence-corrected chi connectivity index (χ2v) is 5.21. The van der Waals surface area contributed by atoms with E-state index >= 15 is 0 Å². The van der Waals surface area contributed by atoms with E-state index in [1.165, 1.54) is 0 Å². The minimum Gasteiger partial charge on any atom is -0.486 e. The van der Waals surface area contributed by atoms with Gasteiger partial charge >= 0.3 is 0 Å². The van der Waals surface area contributed by atoms with Gasteiger partial charge in [0, 0.05) is 5.02 Å². The van der Waals surface area contributed by atoms with Gasteiger partial charge in [0.25, 0.3) is 0 Å². The zero-order chi connectivity index (χ0) is 14.5. The molecule has 1 heterocycles. The predicted molar refractivity (Wildman–Crippen MR) is 81.3 cm³/mol. The van der Waals surface area contributed by atoms with Crippen LogP contribution in [0.15, 0.2) is 28.7 Å². The van der Waals surface area contributed by atoms with Gasteiger partial charge in [-0.15, -0.1) is 0 Å².